The molecule has 1 N–H and O–H groups in total. The summed E-state index contributed by atoms with van der Waals surface area (Å²) in [7, 11) is 0. The normalized spacial score (nSPS) is 10.2. The topological polar surface area (TPSA) is 42.0 Å². The second-order valence-electron chi connectivity index (χ2n) is 3.78. The van der Waals surface area contributed by atoms with E-state index in [2.05, 4.69) is 26.2 Å². The number of halogens is 2. The van der Waals surface area contributed by atoms with E-state index in [1.54, 1.807) is 18.2 Å². The summed E-state index contributed by atoms with van der Waals surface area (Å²) in [5, 5.41) is 3.05. The van der Waals surface area contributed by atoms with Crippen molar-refractivity contribution in [3.63, 3.8) is 0 Å². The zero-order chi connectivity index (χ0) is 13.1. The predicted molar refractivity (Wildman–Crippen MR) is 76.1 cm³/mol. The van der Waals surface area contributed by atoms with Crippen LogP contribution in [0.25, 0.3) is 0 Å². The molecular formula is C13H10BrClN2O. The summed E-state index contributed by atoms with van der Waals surface area (Å²) in [6, 6.07) is 10.7. The molecule has 5 heteroatoms. The Morgan fingerprint density at radius 1 is 1.33 bits per heavy atom. The van der Waals surface area contributed by atoms with Gasteiger partial charge in [0.15, 0.2) is 0 Å². The molecule has 3 nitrogen and oxygen atoms in total. The maximum Gasteiger partial charge on any atom is 0.257 e. The van der Waals surface area contributed by atoms with Crippen LogP contribution in [0.4, 0.5) is 5.82 Å². The summed E-state index contributed by atoms with van der Waals surface area (Å²) in [6.07, 6.45) is 0. The quantitative estimate of drug-likeness (QED) is 0.846. The van der Waals surface area contributed by atoms with Crippen LogP contribution in [0.3, 0.4) is 0 Å². The number of carbonyl (C=O) groups is 1. The Morgan fingerprint density at radius 2 is 2.11 bits per heavy atom. The number of aryl methyl sites for hydroxylation is 1. The summed E-state index contributed by atoms with van der Waals surface area (Å²) in [4.78, 5) is 16.1. The highest BCUT2D eigenvalue weighted by atomic mass is 79.9. The number of amides is 1. The molecule has 0 saturated heterocycles. The fourth-order valence-electron chi connectivity index (χ4n) is 1.47. The highest BCUT2D eigenvalue weighted by Crippen LogP contribution is 2.19. The third-order valence-corrected chi connectivity index (χ3v) is 3.23. The minimum atomic E-state index is -0.222. The van der Waals surface area contributed by atoms with Crippen LogP contribution >= 0.6 is 27.5 Å². The van der Waals surface area contributed by atoms with Gasteiger partial charge in [0, 0.05) is 4.47 Å². The third kappa shape index (κ3) is 3.09. The van der Waals surface area contributed by atoms with Gasteiger partial charge in [-0.15, -0.1) is 0 Å². The van der Waals surface area contributed by atoms with E-state index in [0.717, 1.165) is 10.0 Å². The van der Waals surface area contributed by atoms with Gasteiger partial charge in [0.05, 0.1) is 5.56 Å². The Labute approximate surface area is 118 Å². The van der Waals surface area contributed by atoms with Crippen LogP contribution in [0.15, 0.2) is 40.9 Å². The van der Waals surface area contributed by atoms with Gasteiger partial charge in [-0.1, -0.05) is 29.3 Å². The number of rotatable bonds is 2. The van der Waals surface area contributed by atoms with E-state index in [0.29, 0.717) is 16.5 Å². The monoisotopic (exact) mass is 324 g/mol. The maximum atomic E-state index is 12.1. The van der Waals surface area contributed by atoms with Crippen molar-refractivity contribution >= 4 is 39.3 Å². The van der Waals surface area contributed by atoms with Crippen LogP contribution in [-0.4, -0.2) is 10.9 Å². The van der Waals surface area contributed by atoms with Gasteiger partial charge < -0.3 is 5.32 Å². The highest BCUT2D eigenvalue weighted by molar-refractivity contribution is 9.10. The average molecular weight is 326 g/mol. The largest absolute Gasteiger partial charge is 0.306 e. The molecule has 0 bridgehead atoms. The Morgan fingerprint density at radius 3 is 2.83 bits per heavy atom. The second kappa shape index (κ2) is 5.50. The van der Waals surface area contributed by atoms with Crippen molar-refractivity contribution in [2.24, 2.45) is 0 Å². The van der Waals surface area contributed by atoms with E-state index in [1.807, 2.05) is 25.1 Å². The van der Waals surface area contributed by atoms with Gasteiger partial charge in [0.2, 0.25) is 0 Å². The number of benzene rings is 1. The number of nitrogens with one attached hydrogen (secondary N) is 1. The van der Waals surface area contributed by atoms with Crippen molar-refractivity contribution in [1.82, 2.24) is 4.98 Å². The van der Waals surface area contributed by atoms with Crippen molar-refractivity contribution in [3.05, 3.63) is 57.2 Å². The number of anilines is 1. The zero-order valence-corrected chi connectivity index (χ0v) is 11.9. The van der Waals surface area contributed by atoms with Crippen molar-refractivity contribution < 1.29 is 4.79 Å². The van der Waals surface area contributed by atoms with Crippen molar-refractivity contribution in [3.8, 4) is 0 Å². The molecule has 0 aliphatic carbocycles. The smallest absolute Gasteiger partial charge is 0.257 e. The van der Waals surface area contributed by atoms with Crippen LogP contribution in [0.1, 0.15) is 15.9 Å². The van der Waals surface area contributed by atoms with Crippen molar-refractivity contribution in [2.45, 2.75) is 6.92 Å². The Balaban J connectivity index is 2.24. The first kappa shape index (κ1) is 13.1. The van der Waals surface area contributed by atoms with Gasteiger partial charge in [-0.25, -0.2) is 4.98 Å². The fourth-order valence-corrected chi connectivity index (χ4v) is 2.07. The molecule has 1 heterocycles. The van der Waals surface area contributed by atoms with Gasteiger partial charge in [-0.3, -0.25) is 4.79 Å². The van der Waals surface area contributed by atoms with E-state index in [9.17, 15) is 4.79 Å². The SMILES string of the molecule is Cc1ccc(Br)c(C(=O)Nc2cccc(Cl)n2)c1. The number of hydrogen-bond acceptors (Lipinski definition) is 2. The van der Waals surface area contributed by atoms with E-state index < -0.39 is 0 Å². The second-order valence-corrected chi connectivity index (χ2v) is 5.02. The molecule has 18 heavy (non-hydrogen) atoms. The van der Waals surface area contributed by atoms with E-state index in [-0.39, 0.29) is 5.91 Å². The Hall–Kier alpha value is -1.39. The standard InChI is InChI=1S/C13H10BrClN2O/c1-8-5-6-10(14)9(7-8)13(18)17-12-4-2-3-11(15)16-12/h2-7H,1H3,(H,16,17,18). The van der Waals surface area contributed by atoms with Crippen LogP contribution in [0, 0.1) is 6.92 Å². The fraction of sp³-hybridized carbons (Fsp3) is 0.0769. The molecule has 0 unspecified atom stereocenters. The molecule has 1 amide bonds. The van der Waals surface area contributed by atoms with Gasteiger partial charge in [0.25, 0.3) is 5.91 Å². The lowest BCUT2D eigenvalue weighted by atomic mass is 10.1. The molecule has 2 rings (SSSR count). The van der Waals surface area contributed by atoms with Gasteiger partial charge in [-0.2, -0.15) is 0 Å². The van der Waals surface area contributed by atoms with Crippen LogP contribution in [0.5, 0.6) is 0 Å². The predicted octanol–water partition coefficient (Wildman–Crippen LogP) is 4.06. The minimum absolute atomic E-state index is 0.222. The summed E-state index contributed by atoms with van der Waals surface area (Å²) < 4.78 is 0.743. The van der Waals surface area contributed by atoms with Crippen LogP contribution in [0.2, 0.25) is 5.15 Å². The lowest BCUT2D eigenvalue weighted by molar-refractivity contribution is 0.102. The summed E-state index contributed by atoms with van der Waals surface area (Å²) in [6.45, 7) is 1.93. The molecule has 1 aromatic heterocycles. The number of hydrogen-bond donors (Lipinski definition) is 1. The number of carbonyl (C=O) groups excluding carboxylic acids is 1. The van der Waals surface area contributed by atoms with E-state index in [4.69, 9.17) is 11.6 Å². The maximum absolute atomic E-state index is 12.1. The summed E-state index contributed by atoms with van der Waals surface area (Å²) in [5.41, 5.74) is 1.58. The third-order valence-electron chi connectivity index (χ3n) is 2.32. The molecular weight excluding hydrogens is 316 g/mol. The van der Waals surface area contributed by atoms with Crippen molar-refractivity contribution in [1.29, 1.82) is 0 Å². The Bertz CT molecular complexity index is 601. The van der Waals surface area contributed by atoms with Crippen molar-refractivity contribution in [2.75, 3.05) is 5.32 Å². The zero-order valence-electron chi connectivity index (χ0n) is 9.58. The molecule has 0 radical (unpaired) electrons. The Kier molecular flexibility index (Phi) is 3.99. The molecule has 0 aliphatic heterocycles. The summed E-state index contributed by atoms with van der Waals surface area (Å²) in [5.74, 6) is 0.209. The number of nitrogens with zero attached hydrogens (tertiary/aromatic N) is 1. The number of pyridine rings is 1. The molecule has 0 spiro atoms. The molecule has 1 aromatic carbocycles. The molecule has 0 saturated carbocycles. The first-order chi connectivity index (χ1) is 8.56. The van der Waals surface area contributed by atoms with Crippen LogP contribution in [-0.2, 0) is 0 Å². The van der Waals surface area contributed by atoms with Gasteiger partial charge in [-0.05, 0) is 47.1 Å². The average Bonchev–Trinajstić information content (AvgIpc) is 2.32. The van der Waals surface area contributed by atoms with Crippen LogP contribution < -0.4 is 5.32 Å². The molecule has 92 valence electrons. The summed E-state index contributed by atoms with van der Waals surface area (Å²) >= 11 is 9.11. The first-order valence-corrected chi connectivity index (χ1v) is 6.43. The molecule has 0 atom stereocenters. The lowest BCUT2D eigenvalue weighted by Crippen LogP contribution is -2.13. The first-order valence-electron chi connectivity index (χ1n) is 5.26. The molecule has 0 fully saturated rings. The van der Waals surface area contributed by atoms with Gasteiger partial charge in [0.1, 0.15) is 11.0 Å². The molecule has 2 aromatic rings. The van der Waals surface area contributed by atoms with E-state index in [1.165, 1.54) is 0 Å². The lowest BCUT2D eigenvalue weighted by Gasteiger charge is -2.07. The van der Waals surface area contributed by atoms with Gasteiger partial charge >= 0.3 is 0 Å². The molecule has 0 aliphatic rings. The minimum Gasteiger partial charge on any atom is -0.306 e. The highest BCUT2D eigenvalue weighted by Gasteiger charge is 2.11. The van der Waals surface area contributed by atoms with E-state index >= 15 is 0 Å². The number of aromatic nitrogens is 1.